The van der Waals surface area contributed by atoms with Crippen LogP contribution in [0.5, 0.6) is 0 Å². The third kappa shape index (κ3) is 3.23. The number of benzene rings is 2. The predicted molar refractivity (Wildman–Crippen MR) is 103 cm³/mol. The Hall–Kier alpha value is -2.27. The summed E-state index contributed by atoms with van der Waals surface area (Å²) in [6.07, 6.45) is 4.30. The van der Waals surface area contributed by atoms with Crippen LogP contribution < -0.4 is 5.32 Å². The molecule has 0 radical (unpaired) electrons. The Labute approximate surface area is 156 Å². The smallest absolute Gasteiger partial charge is 0.230 e. The second-order valence-electron chi connectivity index (χ2n) is 6.88. The number of carbonyl (C=O) groups excluding carboxylic acids is 1. The van der Waals surface area contributed by atoms with Crippen molar-refractivity contribution in [3.05, 3.63) is 64.9 Å². The van der Waals surface area contributed by atoms with Gasteiger partial charge in [0.1, 0.15) is 5.82 Å². The van der Waals surface area contributed by atoms with Gasteiger partial charge in [-0.15, -0.1) is 11.3 Å². The van der Waals surface area contributed by atoms with E-state index in [2.05, 4.69) is 16.4 Å². The molecule has 4 rings (SSSR count). The van der Waals surface area contributed by atoms with Crippen LogP contribution in [0, 0.1) is 5.82 Å². The Morgan fingerprint density at radius 3 is 2.77 bits per heavy atom. The van der Waals surface area contributed by atoms with Gasteiger partial charge >= 0.3 is 0 Å². The monoisotopic (exact) mass is 368 g/mol. The van der Waals surface area contributed by atoms with E-state index in [1.54, 1.807) is 17.4 Å². The van der Waals surface area contributed by atoms with Crippen molar-refractivity contribution >= 4 is 27.5 Å². The van der Waals surface area contributed by atoms with Crippen molar-refractivity contribution in [1.82, 2.24) is 10.3 Å². The summed E-state index contributed by atoms with van der Waals surface area (Å²) in [5, 5.41) is 4.16. The van der Waals surface area contributed by atoms with Gasteiger partial charge in [-0.3, -0.25) is 4.79 Å². The second kappa shape index (κ2) is 7.16. The van der Waals surface area contributed by atoms with Crippen LogP contribution in [0.25, 0.3) is 10.2 Å². The molecule has 26 heavy (non-hydrogen) atoms. The van der Waals surface area contributed by atoms with E-state index < -0.39 is 5.41 Å². The number of halogens is 1. The number of carbonyl (C=O) groups is 1. The normalized spacial score (nSPS) is 15.6. The fraction of sp³-hybridized carbons (Fsp3) is 0.333. The molecule has 0 spiro atoms. The summed E-state index contributed by atoms with van der Waals surface area (Å²) >= 11 is 1.71. The molecule has 3 nitrogen and oxygen atoms in total. The number of aryl methyl sites for hydroxylation is 1. The van der Waals surface area contributed by atoms with Gasteiger partial charge in [-0.2, -0.15) is 0 Å². The molecule has 0 bridgehead atoms. The summed E-state index contributed by atoms with van der Waals surface area (Å²) in [5.41, 5.74) is 1.29. The molecule has 0 atom stereocenters. The minimum Gasteiger partial charge on any atom is -0.355 e. The maximum absolute atomic E-state index is 13.6. The number of para-hydroxylation sites is 1. The van der Waals surface area contributed by atoms with E-state index in [9.17, 15) is 9.18 Å². The van der Waals surface area contributed by atoms with Gasteiger partial charge in [-0.25, -0.2) is 9.37 Å². The van der Waals surface area contributed by atoms with Crippen molar-refractivity contribution in [3.63, 3.8) is 0 Å². The number of hydrogen-bond acceptors (Lipinski definition) is 3. The van der Waals surface area contributed by atoms with Crippen LogP contribution in [-0.4, -0.2) is 17.4 Å². The fourth-order valence-corrected chi connectivity index (χ4v) is 4.61. The van der Waals surface area contributed by atoms with E-state index in [-0.39, 0.29) is 11.7 Å². The zero-order valence-corrected chi connectivity index (χ0v) is 15.3. The summed E-state index contributed by atoms with van der Waals surface area (Å²) in [7, 11) is 0. The largest absolute Gasteiger partial charge is 0.355 e. The molecule has 3 aromatic rings. The number of fused-ring (bicyclic) bond motifs is 1. The van der Waals surface area contributed by atoms with E-state index in [1.807, 2.05) is 24.3 Å². The quantitative estimate of drug-likeness (QED) is 0.646. The zero-order chi connectivity index (χ0) is 18.0. The van der Waals surface area contributed by atoms with E-state index in [1.165, 1.54) is 16.8 Å². The molecule has 1 fully saturated rings. The first-order valence-corrected chi connectivity index (χ1v) is 9.88. The molecule has 1 N–H and O–H groups in total. The summed E-state index contributed by atoms with van der Waals surface area (Å²) in [6, 6.07) is 14.6. The number of thiazole rings is 1. The van der Waals surface area contributed by atoms with Gasteiger partial charge in [0.25, 0.3) is 0 Å². The highest BCUT2D eigenvalue weighted by Crippen LogP contribution is 2.44. The van der Waals surface area contributed by atoms with Crippen molar-refractivity contribution in [1.29, 1.82) is 0 Å². The molecule has 1 heterocycles. The van der Waals surface area contributed by atoms with Crippen molar-refractivity contribution in [2.45, 2.75) is 37.5 Å². The van der Waals surface area contributed by atoms with Gasteiger partial charge in [-0.05, 0) is 49.1 Å². The molecule has 0 unspecified atom stereocenters. The molecule has 0 aliphatic heterocycles. The second-order valence-corrected chi connectivity index (χ2v) is 8.00. The number of nitrogens with zero attached hydrogens (tertiary/aromatic N) is 1. The molecule has 1 aromatic heterocycles. The molecule has 0 saturated heterocycles. The van der Waals surface area contributed by atoms with Crippen molar-refractivity contribution < 1.29 is 9.18 Å². The van der Waals surface area contributed by atoms with Gasteiger partial charge in [-0.1, -0.05) is 30.7 Å². The minimum atomic E-state index is -0.544. The zero-order valence-electron chi connectivity index (χ0n) is 14.5. The van der Waals surface area contributed by atoms with E-state index in [4.69, 9.17) is 0 Å². The number of rotatable bonds is 6. The van der Waals surface area contributed by atoms with Crippen LogP contribution in [-0.2, 0) is 16.6 Å². The van der Waals surface area contributed by atoms with Gasteiger partial charge in [0.2, 0.25) is 5.91 Å². The molecule has 1 aliphatic rings. The van der Waals surface area contributed by atoms with Gasteiger partial charge < -0.3 is 5.32 Å². The van der Waals surface area contributed by atoms with Crippen LogP contribution in [0.2, 0.25) is 0 Å². The van der Waals surface area contributed by atoms with Crippen LogP contribution in [0.3, 0.4) is 0 Å². The van der Waals surface area contributed by atoms with Gasteiger partial charge in [0, 0.05) is 13.0 Å². The average molecular weight is 368 g/mol. The van der Waals surface area contributed by atoms with Crippen molar-refractivity contribution in [2.24, 2.45) is 0 Å². The molecule has 1 amide bonds. The minimum absolute atomic E-state index is 0.0265. The molecule has 1 aliphatic carbocycles. The maximum Gasteiger partial charge on any atom is 0.230 e. The molecule has 134 valence electrons. The lowest BCUT2D eigenvalue weighted by Crippen LogP contribution is -2.49. The Kier molecular flexibility index (Phi) is 4.72. The van der Waals surface area contributed by atoms with Crippen molar-refractivity contribution in [3.8, 4) is 0 Å². The Balaban J connectivity index is 1.34. The van der Waals surface area contributed by atoms with Gasteiger partial charge in [0.05, 0.1) is 20.6 Å². The van der Waals surface area contributed by atoms with Crippen LogP contribution >= 0.6 is 11.3 Å². The highest BCUT2D eigenvalue weighted by Gasteiger charge is 2.45. The third-order valence-electron chi connectivity index (χ3n) is 5.21. The molecule has 2 aromatic carbocycles. The lowest BCUT2D eigenvalue weighted by molar-refractivity contribution is -0.129. The Bertz CT molecular complexity index is 899. The van der Waals surface area contributed by atoms with E-state index >= 15 is 0 Å². The number of amides is 1. The first-order chi connectivity index (χ1) is 12.7. The highest BCUT2D eigenvalue weighted by atomic mass is 32.1. The Morgan fingerprint density at radius 2 is 2.04 bits per heavy atom. The first-order valence-electron chi connectivity index (χ1n) is 9.06. The van der Waals surface area contributed by atoms with E-state index in [0.29, 0.717) is 6.54 Å². The van der Waals surface area contributed by atoms with Gasteiger partial charge in [0.15, 0.2) is 0 Å². The number of aromatic nitrogens is 1. The Morgan fingerprint density at radius 1 is 1.19 bits per heavy atom. The van der Waals surface area contributed by atoms with E-state index in [0.717, 1.165) is 48.2 Å². The van der Waals surface area contributed by atoms with Crippen LogP contribution in [0.1, 0.15) is 36.3 Å². The summed E-state index contributed by atoms with van der Waals surface area (Å²) in [6.45, 7) is 0.617. The van der Waals surface area contributed by atoms with Crippen molar-refractivity contribution in [2.75, 3.05) is 6.54 Å². The maximum atomic E-state index is 13.6. The molecular formula is C21H21FN2OS. The summed E-state index contributed by atoms with van der Waals surface area (Å²) < 4.78 is 14.8. The summed E-state index contributed by atoms with van der Waals surface area (Å²) in [4.78, 5) is 17.4. The average Bonchev–Trinajstić information content (AvgIpc) is 3.01. The predicted octanol–water partition coefficient (Wildman–Crippen LogP) is 4.61. The number of nitrogens with one attached hydrogen (secondary N) is 1. The topological polar surface area (TPSA) is 42.0 Å². The lowest BCUT2D eigenvalue weighted by Gasteiger charge is -2.40. The molecular weight excluding hydrogens is 347 g/mol. The fourth-order valence-electron chi connectivity index (χ4n) is 3.60. The van der Waals surface area contributed by atoms with Crippen LogP contribution in [0.15, 0.2) is 48.5 Å². The van der Waals surface area contributed by atoms with Crippen LogP contribution in [0.4, 0.5) is 4.39 Å². The lowest BCUT2D eigenvalue weighted by atomic mass is 9.64. The SMILES string of the molecule is O=C(NCCCc1nc2ccccc2s1)C1(c2cccc(F)c2)CCC1. The molecule has 1 saturated carbocycles. The highest BCUT2D eigenvalue weighted by molar-refractivity contribution is 7.18. The molecule has 5 heteroatoms. The first kappa shape index (κ1) is 17.2. The third-order valence-corrected chi connectivity index (χ3v) is 6.31. The number of hydrogen-bond donors (Lipinski definition) is 1. The standard InChI is InChI=1S/C21H21FN2OS/c22-16-7-3-6-15(14-16)21(11-5-12-21)20(25)23-13-4-10-19-24-17-8-1-2-9-18(17)26-19/h1-3,6-9,14H,4-5,10-13H2,(H,23,25). The summed E-state index contributed by atoms with van der Waals surface area (Å²) in [5.74, 6) is -0.254.